The van der Waals surface area contributed by atoms with Gasteiger partial charge in [-0.1, -0.05) is 13.8 Å². The fourth-order valence-electron chi connectivity index (χ4n) is 1.87. The summed E-state index contributed by atoms with van der Waals surface area (Å²) in [7, 11) is 0. The molecule has 1 rings (SSSR count). The van der Waals surface area contributed by atoms with Gasteiger partial charge in [-0.2, -0.15) is 5.10 Å². The van der Waals surface area contributed by atoms with Crippen LogP contribution in [0.2, 0.25) is 0 Å². The Kier molecular flexibility index (Phi) is 4.97. The minimum atomic E-state index is -0.171. The van der Waals surface area contributed by atoms with Crippen molar-refractivity contribution in [1.82, 2.24) is 15.1 Å². The number of carbonyl (C=O) groups is 1. The van der Waals surface area contributed by atoms with Crippen molar-refractivity contribution in [3.63, 3.8) is 0 Å². The van der Waals surface area contributed by atoms with Gasteiger partial charge >= 0.3 is 6.03 Å². The van der Waals surface area contributed by atoms with Crippen molar-refractivity contribution in [2.24, 2.45) is 5.92 Å². The summed E-state index contributed by atoms with van der Waals surface area (Å²) in [4.78, 5) is 12.0. The molecule has 108 valence electrons. The standard InChI is InChI=1S/C14H26N4O/c1-8(2)10(5)15-14(19)16-13-11(6)17-18(9(3)4)12(13)7/h8-10H,1-7H3,(H2,15,16,19). The maximum Gasteiger partial charge on any atom is 0.319 e. The topological polar surface area (TPSA) is 59.0 Å². The van der Waals surface area contributed by atoms with Crippen LogP contribution in [0.5, 0.6) is 0 Å². The quantitative estimate of drug-likeness (QED) is 0.879. The highest BCUT2D eigenvalue weighted by Crippen LogP contribution is 2.22. The molecule has 2 amide bonds. The zero-order valence-electron chi connectivity index (χ0n) is 13.0. The normalized spacial score (nSPS) is 12.9. The summed E-state index contributed by atoms with van der Waals surface area (Å²) < 4.78 is 1.93. The third-order valence-corrected chi connectivity index (χ3v) is 3.41. The van der Waals surface area contributed by atoms with Crippen molar-refractivity contribution in [1.29, 1.82) is 0 Å². The molecule has 0 radical (unpaired) electrons. The molecule has 1 unspecified atom stereocenters. The molecule has 19 heavy (non-hydrogen) atoms. The number of hydrogen-bond donors (Lipinski definition) is 2. The summed E-state index contributed by atoms with van der Waals surface area (Å²) in [5.74, 6) is 0.409. The highest BCUT2D eigenvalue weighted by atomic mass is 16.2. The molecule has 0 bridgehead atoms. The summed E-state index contributed by atoms with van der Waals surface area (Å²) in [6.07, 6.45) is 0. The number of aryl methyl sites for hydroxylation is 1. The molecule has 5 heteroatoms. The predicted octanol–water partition coefficient (Wildman–Crippen LogP) is 3.25. The van der Waals surface area contributed by atoms with Gasteiger partial charge in [0, 0.05) is 12.1 Å². The van der Waals surface area contributed by atoms with E-state index in [2.05, 4.69) is 43.4 Å². The van der Waals surface area contributed by atoms with Gasteiger partial charge < -0.3 is 10.6 Å². The maximum atomic E-state index is 12.0. The number of hydrogen-bond acceptors (Lipinski definition) is 2. The van der Waals surface area contributed by atoms with Gasteiger partial charge in [-0.25, -0.2) is 4.79 Å². The molecule has 1 aromatic heterocycles. The second-order valence-corrected chi connectivity index (χ2v) is 5.72. The van der Waals surface area contributed by atoms with Gasteiger partial charge in [0.2, 0.25) is 0 Å². The molecule has 5 nitrogen and oxygen atoms in total. The van der Waals surface area contributed by atoms with Crippen LogP contribution in [0.4, 0.5) is 10.5 Å². The van der Waals surface area contributed by atoms with Gasteiger partial charge in [0.25, 0.3) is 0 Å². The molecule has 0 aromatic carbocycles. The smallest absolute Gasteiger partial charge is 0.319 e. The first kappa shape index (κ1) is 15.5. The second kappa shape index (κ2) is 6.08. The Hall–Kier alpha value is -1.52. The largest absolute Gasteiger partial charge is 0.335 e. The Labute approximate surface area is 115 Å². The van der Waals surface area contributed by atoms with E-state index in [9.17, 15) is 4.79 Å². The molecule has 0 fully saturated rings. The molecule has 0 aliphatic heterocycles. The lowest BCUT2D eigenvalue weighted by Gasteiger charge is -2.18. The van der Waals surface area contributed by atoms with Crippen LogP contribution in [0.15, 0.2) is 0 Å². The Morgan fingerprint density at radius 3 is 2.16 bits per heavy atom. The van der Waals surface area contributed by atoms with Crippen LogP contribution in [0.3, 0.4) is 0 Å². The summed E-state index contributed by atoms with van der Waals surface area (Å²) in [6.45, 7) is 14.2. The van der Waals surface area contributed by atoms with E-state index in [0.29, 0.717) is 5.92 Å². The van der Waals surface area contributed by atoms with E-state index in [4.69, 9.17) is 0 Å². The maximum absolute atomic E-state index is 12.0. The highest BCUT2D eigenvalue weighted by Gasteiger charge is 2.17. The molecule has 1 aromatic rings. The lowest BCUT2D eigenvalue weighted by atomic mass is 10.1. The lowest BCUT2D eigenvalue weighted by molar-refractivity contribution is 0.246. The Morgan fingerprint density at radius 1 is 1.16 bits per heavy atom. The van der Waals surface area contributed by atoms with Crippen molar-refractivity contribution in [2.75, 3.05) is 5.32 Å². The van der Waals surface area contributed by atoms with E-state index in [1.54, 1.807) is 0 Å². The van der Waals surface area contributed by atoms with Gasteiger partial charge in [-0.15, -0.1) is 0 Å². The van der Waals surface area contributed by atoms with Crippen LogP contribution >= 0.6 is 0 Å². The third kappa shape index (κ3) is 3.72. The fourth-order valence-corrected chi connectivity index (χ4v) is 1.87. The molecule has 0 saturated carbocycles. The van der Waals surface area contributed by atoms with E-state index in [1.165, 1.54) is 0 Å². The summed E-state index contributed by atoms with van der Waals surface area (Å²) in [5, 5.41) is 10.3. The minimum Gasteiger partial charge on any atom is -0.335 e. The molecule has 0 saturated heterocycles. The molecule has 0 spiro atoms. The van der Waals surface area contributed by atoms with Crippen LogP contribution in [-0.2, 0) is 0 Å². The van der Waals surface area contributed by atoms with Crippen LogP contribution in [0.25, 0.3) is 0 Å². The molecule has 0 aliphatic carbocycles. The van der Waals surface area contributed by atoms with Gasteiger partial charge in [-0.05, 0) is 40.5 Å². The molecular weight excluding hydrogens is 240 g/mol. The molecular formula is C14H26N4O. The molecule has 1 heterocycles. The second-order valence-electron chi connectivity index (χ2n) is 5.72. The Bertz CT molecular complexity index is 449. The first-order chi connectivity index (χ1) is 8.73. The van der Waals surface area contributed by atoms with Gasteiger partial charge in [0.1, 0.15) is 0 Å². The van der Waals surface area contributed by atoms with E-state index < -0.39 is 0 Å². The number of urea groups is 1. The lowest BCUT2D eigenvalue weighted by Crippen LogP contribution is -2.39. The number of nitrogens with one attached hydrogen (secondary N) is 2. The van der Waals surface area contributed by atoms with Crippen molar-refractivity contribution >= 4 is 11.7 Å². The minimum absolute atomic E-state index is 0.140. The number of rotatable bonds is 4. The highest BCUT2D eigenvalue weighted by molar-refractivity contribution is 5.90. The van der Waals surface area contributed by atoms with Crippen molar-refractivity contribution < 1.29 is 4.79 Å². The van der Waals surface area contributed by atoms with Crippen molar-refractivity contribution in [2.45, 2.75) is 60.5 Å². The van der Waals surface area contributed by atoms with E-state index in [-0.39, 0.29) is 18.1 Å². The van der Waals surface area contributed by atoms with Gasteiger partial charge in [0.05, 0.1) is 17.1 Å². The summed E-state index contributed by atoms with van der Waals surface area (Å²) in [5.41, 5.74) is 2.64. The predicted molar refractivity (Wildman–Crippen MR) is 78.5 cm³/mol. The Morgan fingerprint density at radius 2 is 1.74 bits per heavy atom. The van der Waals surface area contributed by atoms with Crippen molar-refractivity contribution in [3.8, 4) is 0 Å². The first-order valence-corrected chi connectivity index (χ1v) is 6.87. The average molecular weight is 266 g/mol. The van der Waals surface area contributed by atoms with Crippen LogP contribution in [0.1, 0.15) is 52.0 Å². The zero-order chi connectivity index (χ0) is 14.7. The zero-order valence-corrected chi connectivity index (χ0v) is 13.0. The number of anilines is 1. The van der Waals surface area contributed by atoms with Gasteiger partial charge in [0.15, 0.2) is 0 Å². The number of amides is 2. The van der Waals surface area contributed by atoms with Gasteiger partial charge in [-0.3, -0.25) is 4.68 Å². The van der Waals surface area contributed by atoms with Crippen LogP contribution < -0.4 is 10.6 Å². The fraction of sp³-hybridized carbons (Fsp3) is 0.714. The van der Waals surface area contributed by atoms with Crippen molar-refractivity contribution in [3.05, 3.63) is 11.4 Å². The summed E-state index contributed by atoms with van der Waals surface area (Å²) in [6, 6.07) is 0.253. The third-order valence-electron chi connectivity index (χ3n) is 3.41. The van der Waals surface area contributed by atoms with E-state index in [1.807, 2.05) is 25.5 Å². The SMILES string of the molecule is Cc1nn(C(C)C)c(C)c1NC(=O)NC(C)C(C)C. The number of aromatic nitrogens is 2. The number of carbonyl (C=O) groups excluding carboxylic acids is 1. The monoisotopic (exact) mass is 266 g/mol. The average Bonchev–Trinajstić information content (AvgIpc) is 2.56. The summed E-state index contributed by atoms with van der Waals surface area (Å²) >= 11 is 0. The van der Waals surface area contributed by atoms with E-state index >= 15 is 0 Å². The van der Waals surface area contributed by atoms with E-state index in [0.717, 1.165) is 17.1 Å². The van der Waals surface area contributed by atoms with Crippen LogP contribution in [0, 0.1) is 19.8 Å². The molecule has 0 aliphatic rings. The first-order valence-electron chi connectivity index (χ1n) is 6.87. The molecule has 2 N–H and O–H groups in total. The number of nitrogens with zero attached hydrogens (tertiary/aromatic N) is 2. The molecule has 1 atom stereocenters. The Balaban J connectivity index is 2.80. The van der Waals surface area contributed by atoms with Crippen LogP contribution in [-0.4, -0.2) is 21.9 Å².